The topological polar surface area (TPSA) is 57.7 Å². The SMILES string of the molecule is CCS(=O)(=O)N(C)c1ccc(C(=O)N2CCC[C@@H](C)C2)cc1. The van der Waals surface area contributed by atoms with E-state index in [0.29, 0.717) is 17.2 Å². The van der Waals surface area contributed by atoms with Crippen molar-refractivity contribution in [1.82, 2.24) is 4.90 Å². The molecule has 1 amide bonds. The van der Waals surface area contributed by atoms with Crippen LogP contribution in [-0.2, 0) is 10.0 Å². The molecule has 0 unspecified atom stereocenters. The van der Waals surface area contributed by atoms with Crippen molar-refractivity contribution in [1.29, 1.82) is 0 Å². The van der Waals surface area contributed by atoms with Crippen LogP contribution in [0.5, 0.6) is 0 Å². The summed E-state index contributed by atoms with van der Waals surface area (Å²) in [6, 6.07) is 6.79. The zero-order valence-electron chi connectivity index (χ0n) is 13.4. The maximum atomic E-state index is 12.5. The molecule has 5 nitrogen and oxygen atoms in total. The first kappa shape index (κ1) is 16.8. The van der Waals surface area contributed by atoms with Crippen LogP contribution in [0.3, 0.4) is 0 Å². The summed E-state index contributed by atoms with van der Waals surface area (Å²) < 4.78 is 25.0. The van der Waals surface area contributed by atoms with Gasteiger partial charge in [0.2, 0.25) is 10.0 Å². The second kappa shape index (κ2) is 6.69. The van der Waals surface area contributed by atoms with E-state index in [1.54, 1.807) is 31.2 Å². The van der Waals surface area contributed by atoms with Gasteiger partial charge in [-0.1, -0.05) is 6.92 Å². The molecule has 122 valence electrons. The third-order valence-electron chi connectivity index (χ3n) is 4.20. The number of rotatable bonds is 4. The molecule has 0 saturated carbocycles. The molecule has 1 saturated heterocycles. The van der Waals surface area contributed by atoms with Gasteiger partial charge in [-0.2, -0.15) is 0 Å². The summed E-state index contributed by atoms with van der Waals surface area (Å²) in [4.78, 5) is 14.4. The molecule has 0 spiro atoms. The van der Waals surface area contributed by atoms with Gasteiger partial charge < -0.3 is 4.90 Å². The van der Waals surface area contributed by atoms with Gasteiger partial charge in [-0.15, -0.1) is 0 Å². The number of sulfonamides is 1. The first-order valence-electron chi connectivity index (χ1n) is 7.71. The van der Waals surface area contributed by atoms with Gasteiger partial charge in [0.25, 0.3) is 5.91 Å². The summed E-state index contributed by atoms with van der Waals surface area (Å²) >= 11 is 0. The smallest absolute Gasteiger partial charge is 0.253 e. The van der Waals surface area contributed by atoms with Crippen LogP contribution in [0.25, 0.3) is 0 Å². The summed E-state index contributed by atoms with van der Waals surface area (Å²) in [5.41, 5.74) is 1.19. The Hall–Kier alpha value is -1.56. The molecule has 1 heterocycles. The van der Waals surface area contributed by atoms with Crippen LogP contribution < -0.4 is 4.31 Å². The number of nitrogens with zero attached hydrogens (tertiary/aromatic N) is 2. The van der Waals surface area contributed by atoms with E-state index >= 15 is 0 Å². The van der Waals surface area contributed by atoms with Crippen LogP contribution in [0.15, 0.2) is 24.3 Å². The highest BCUT2D eigenvalue weighted by atomic mass is 32.2. The molecule has 1 aliphatic rings. The van der Waals surface area contributed by atoms with E-state index in [1.807, 2.05) is 4.90 Å². The monoisotopic (exact) mass is 324 g/mol. The van der Waals surface area contributed by atoms with Crippen molar-refractivity contribution in [2.24, 2.45) is 5.92 Å². The van der Waals surface area contributed by atoms with Crippen molar-refractivity contribution in [3.05, 3.63) is 29.8 Å². The first-order valence-corrected chi connectivity index (χ1v) is 9.32. The number of carbonyl (C=O) groups excluding carboxylic acids is 1. The van der Waals surface area contributed by atoms with Crippen molar-refractivity contribution in [2.75, 3.05) is 30.2 Å². The number of anilines is 1. The van der Waals surface area contributed by atoms with Crippen molar-refractivity contribution < 1.29 is 13.2 Å². The molecule has 1 aromatic carbocycles. The standard InChI is InChI=1S/C16H24N2O3S/c1-4-22(20,21)17(3)15-9-7-14(8-10-15)16(19)18-11-5-6-13(2)12-18/h7-10,13H,4-6,11-12H2,1-3H3/t13-/m1/s1. The van der Waals surface area contributed by atoms with Crippen LogP contribution in [0.1, 0.15) is 37.0 Å². The molecule has 0 aromatic heterocycles. The average Bonchev–Trinajstić information content (AvgIpc) is 2.53. The number of carbonyl (C=O) groups is 1. The van der Waals surface area contributed by atoms with Gasteiger partial charge in [0.1, 0.15) is 0 Å². The van der Waals surface area contributed by atoms with Gasteiger partial charge in [0.05, 0.1) is 11.4 Å². The molecule has 6 heteroatoms. The van der Waals surface area contributed by atoms with E-state index in [4.69, 9.17) is 0 Å². The third kappa shape index (κ3) is 3.61. The molecule has 0 bridgehead atoms. The molecule has 1 aromatic rings. The molecule has 0 N–H and O–H groups in total. The minimum atomic E-state index is -3.27. The van der Waals surface area contributed by atoms with E-state index in [9.17, 15) is 13.2 Å². The summed E-state index contributed by atoms with van der Waals surface area (Å²) in [6.45, 7) is 5.37. The highest BCUT2D eigenvalue weighted by molar-refractivity contribution is 7.92. The van der Waals surface area contributed by atoms with Gasteiger partial charge in [-0.25, -0.2) is 8.42 Å². The number of piperidine rings is 1. The van der Waals surface area contributed by atoms with Crippen molar-refractivity contribution >= 4 is 21.6 Å². The fourth-order valence-corrected chi connectivity index (χ4v) is 3.55. The van der Waals surface area contributed by atoms with E-state index < -0.39 is 10.0 Å². The maximum absolute atomic E-state index is 12.5. The third-order valence-corrected chi connectivity index (χ3v) is 5.98. The summed E-state index contributed by atoms with van der Waals surface area (Å²) in [5, 5.41) is 0. The van der Waals surface area contributed by atoms with Crippen molar-refractivity contribution in [2.45, 2.75) is 26.7 Å². The van der Waals surface area contributed by atoms with Gasteiger partial charge in [-0.05, 0) is 49.9 Å². The molecule has 0 radical (unpaired) electrons. The Labute approximate surface area is 133 Å². The van der Waals surface area contributed by atoms with Crippen molar-refractivity contribution in [3.8, 4) is 0 Å². The van der Waals surface area contributed by atoms with Gasteiger partial charge >= 0.3 is 0 Å². The molecule has 2 rings (SSSR count). The van der Waals surface area contributed by atoms with E-state index in [-0.39, 0.29) is 11.7 Å². The lowest BCUT2D eigenvalue weighted by Gasteiger charge is -2.31. The van der Waals surface area contributed by atoms with E-state index in [2.05, 4.69) is 6.92 Å². The van der Waals surface area contributed by atoms with Gasteiger partial charge in [0.15, 0.2) is 0 Å². The number of amides is 1. The first-order chi connectivity index (χ1) is 10.3. The molecular formula is C16H24N2O3S. The van der Waals surface area contributed by atoms with Gasteiger partial charge in [-0.3, -0.25) is 9.10 Å². The minimum Gasteiger partial charge on any atom is -0.338 e. The molecule has 22 heavy (non-hydrogen) atoms. The van der Waals surface area contributed by atoms with Crippen molar-refractivity contribution in [3.63, 3.8) is 0 Å². The Morgan fingerprint density at radius 3 is 2.50 bits per heavy atom. The number of likely N-dealkylation sites (tertiary alicyclic amines) is 1. The summed E-state index contributed by atoms with van der Waals surface area (Å²) in [7, 11) is -1.74. The fourth-order valence-electron chi connectivity index (χ4n) is 2.72. The summed E-state index contributed by atoms with van der Waals surface area (Å²) in [6.07, 6.45) is 2.21. The predicted octanol–water partition coefficient (Wildman–Crippen LogP) is 2.34. The largest absolute Gasteiger partial charge is 0.338 e. The van der Waals surface area contributed by atoms with Gasteiger partial charge in [0, 0.05) is 25.7 Å². The second-order valence-corrected chi connectivity index (χ2v) is 8.20. The number of benzene rings is 1. The van der Waals surface area contributed by atoms with Crippen LogP contribution in [-0.4, -0.2) is 45.1 Å². The minimum absolute atomic E-state index is 0.0269. The molecule has 1 atom stereocenters. The number of hydrogen-bond acceptors (Lipinski definition) is 3. The fraction of sp³-hybridized carbons (Fsp3) is 0.562. The zero-order valence-corrected chi connectivity index (χ0v) is 14.3. The lowest BCUT2D eigenvalue weighted by atomic mass is 9.99. The molecule has 1 aliphatic heterocycles. The highest BCUT2D eigenvalue weighted by Crippen LogP contribution is 2.21. The number of hydrogen-bond donors (Lipinski definition) is 0. The lowest BCUT2D eigenvalue weighted by molar-refractivity contribution is 0.0683. The Kier molecular flexibility index (Phi) is 5.11. The van der Waals surface area contributed by atoms with Crippen LogP contribution in [0.2, 0.25) is 0 Å². The van der Waals surface area contributed by atoms with E-state index in [1.165, 1.54) is 17.8 Å². The Bertz CT molecular complexity index is 625. The molecular weight excluding hydrogens is 300 g/mol. The lowest BCUT2D eigenvalue weighted by Crippen LogP contribution is -2.39. The van der Waals surface area contributed by atoms with E-state index in [0.717, 1.165) is 19.5 Å². The molecule has 0 aliphatic carbocycles. The Morgan fingerprint density at radius 2 is 1.95 bits per heavy atom. The van der Waals surface area contributed by atoms with Crippen LogP contribution in [0, 0.1) is 5.92 Å². The zero-order chi connectivity index (χ0) is 16.3. The summed E-state index contributed by atoms with van der Waals surface area (Å²) in [5.74, 6) is 0.618. The quantitative estimate of drug-likeness (QED) is 0.854. The predicted molar refractivity (Wildman–Crippen MR) is 88.6 cm³/mol. The van der Waals surface area contributed by atoms with Crippen LogP contribution >= 0.6 is 0 Å². The average molecular weight is 324 g/mol. The molecule has 1 fully saturated rings. The highest BCUT2D eigenvalue weighted by Gasteiger charge is 2.22. The Balaban J connectivity index is 2.13. The van der Waals surface area contributed by atoms with Crippen LogP contribution in [0.4, 0.5) is 5.69 Å². The normalized spacial score (nSPS) is 19.0. The maximum Gasteiger partial charge on any atom is 0.253 e. The Morgan fingerprint density at radius 1 is 1.32 bits per heavy atom. The second-order valence-electron chi connectivity index (χ2n) is 5.91.